The van der Waals surface area contributed by atoms with E-state index >= 15 is 0 Å². The highest BCUT2D eigenvalue weighted by Gasteiger charge is 1.99. The first-order chi connectivity index (χ1) is 4.83. The van der Waals surface area contributed by atoms with E-state index in [4.69, 9.17) is 4.52 Å². The van der Waals surface area contributed by atoms with E-state index in [0.29, 0.717) is 5.89 Å². The minimum atomic E-state index is 0.658. The maximum absolute atomic E-state index is 4.80. The highest BCUT2D eigenvalue weighted by Crippen LogP contribution is 1.99. The van der Waals surface area contributed by atoms with E-state index in [-0.39, 0.29) is 0 Å². The van der Waals surface area contributed by atoms with Gasteiger partial charge in [-0.15, -0.1) is 0 Å². The van der Waals surface area contributed by atoms with E-state index in [2.05, 4.69) is 17.1 Å². The average molecular weight is 140 g/mol. The molecular weight excluding hydrogens is 128 g/mol. The van der Waals surface area contributed by atoms with Gasteiger partial charge in [0.05, 0.1) is 0 Å². The fraction of sp³-hybridized carbons (Fsp3) is 0.714. The SMILES string of the molecule is CCCCc1noc(C)n1. The fourth-order valence-corrected chi connectivity index (χ4v) is 0.778. The Hall–Kier alpha value is -0.860. The summed E-state index contributed by atoms with van der Waals surface area (Å²) in [5, 5.41) is 3.77. The lowest BCUT2D eigenvalue weighted by atomic mass is 10.2. The Morgan fingerprint density at radius 3 is 2.80 bits per heavy atom. The molecular formula is C7H12N2O. The molecule has 10 heavy (non-hydrogen) atoms. The Kier molecular flexibility index (Phi) is 2.42. The summed E-state index contributed by atoms with van der Waals surface area (Å²) in [6.45, 7) is 3.95. The summed E-state index contributed by atoms with van der Waals surface area (Å²) in [5.74, 6) is 1.49. The second kappa shape index (κ2) is 3.34. The van der Waals surface area contributed by atoms with Crippen molar-refractivity contribution in [1.82, 2.24) is 10.1 Å². The molecule has 0 radical (unpaired) electrons. The van der Waals surface area contributed by atoms with Crippen LogP contribution in [-0.2, 0) is 6.42 Å². The molecule has 1 aromatic rings. The van der Waals surface area contributed by atoms with Crippen LogP contribution in [0.2, 0.25) is 0 Å². The number of aryl methyl sites for hydroxylation is 2. The van der Waals surface area contributed by atoms with Crippen LogP contribution in [0.1, 0.15) is 31.5 Å². The first kappa shape index (κ1) is 7.25. The van der Waals surface area contributed by atoms with Gasteiger partial charge in [-0.3, -0.25) is 0 Å². The lowest BCUT2D eigenvalue weighted by molar-refractivity contribution is 0.387. The van der Waals surface area contributed by atoms with Crippen LogP contribution in [0.5, 0.6) is 0 Å². The molecule has 1 aromatic heterocycles. The Morgan fingerprint density at radius 1 is 1.50 bits per heavy atom. The lowest BCUT2D eigenvalue weighted by Crippen LogP contribution is -1.86. The van der Waals surface area contributed by atoms with E-state index < -0.39 is 0 Å². The summed E-state index contributed by atoms with van der Waals surface area (Å²) in [4.78, 5) is 4.07. The fourth-order valence-electron chi connectivity index (χ4n) is 0.778. The molecule has 0 saturated heterocycles. The molecule has 0 N–H and O–H groups in total. The van der Waals surface area contributed by atoms with E-state index in [1.807, 2.05) is 6.92 Å². The van der Waals surface area contributed by atoms with Gasteiger partial charge in [-0.05, 0) is 6.42 Å². The Morgan fingerprint density at radius 2 is 2.30 bits per heavy atom. The van der Waals surface area contributed by atoms with Crippen LogP contribution in [0.4, 0.5) is 0 Å². The smallest absolute Gasteiger partial charge is 0.223 e. The molecule has 3 heteroatoms. The Bertz CT molecular complexity index is 195. The van der Waals surface area contributed by atoms with Gasteiger partial charge in [0.2, 0.25) is 5.89 Å². The number of nitrogens with zero attached hydrogens (tertiary/aromatic N) is 2. The first-order valence-electron chi connectivity index (χ1n) is 3.62. The van der Waals surface area contributed by atoms with Crippen LogP contribution in [0.3, 0.4) is 0 Å². The van der Waals surface area contributed by atoms with Gasteiger partial charge in [0.25, 0.3) is 0 Å². The normalized spacial score (nSPS) is 10.2. The summed E-state index contributed by atoms with van der Waals surface area (Å²) >= 11 is 0. The predicted octanol–water partition coefficient (Wildman–Crippen LogP) is 1.72. The van der Waals surface area contributed by atoms with Crippen molar-refractivity contribution in [2.75, 3.05) is 0 Å². The maximum Gasteiger partial charge on any atom is 0.223 e. The lowest BCUT2D eigenvalue weighted by Gasteiger charge is -1.86. The summed E-state index contributed by atoms with van der Waals surface area (Å²) < 4.78 is 4.80. The zero-order valence-corrected chi connectivity index (χ0v) is 6.42. The zero-order valence-electron chi connectivity index (χ0n) is 6.42. The minimum Gasteiger partial charge on any atom is -0.340 e. The highest BCUT2D eigenvalue weighted by atomic mass is 16.5. The van der Waals surface area contributed by atoms with Crippen LogP contribution in [0.25, 0.3) is 0 Å². The number of hydrogen-bond acceptors (Lipinski definition) is 3. The van der Waals surface area contributed by atoms with Gasteiger partial charge < -0.3 is 4.52 Å². The topological polar surface area (TPSA) is 38.9 Å². The van der Waals surface area contributed by atoms with E-state index in [1.54, 1.807) is 0 Å². The molecule has 0 bridgehead atoms. The van der Waals surface area contributed by atoms with Crippen molar-refractivity contribution in [3.8, 4) is 0 Å². The average Bonchev–Trinajstić information content (AvgIpc) is 2.31. The van der Waals surface area contributed by atoms with Crippen molar-refractivity contribution < 1.29 is 4.52 Å². The quantitative estimate of drug-likeness (QED) is 0.641. The third-order valence-electron chi connectivity index (χ3n) is 1.32. The molecule has 3 nitrogen and oxygen atoms in total. The van der Waals surface area contributed by atoms with Gasteiger partial charge >= 0.3 is 0 Å². The van der Waals surface area contributed by atoms with Gasteiger partial charge in [-0.25, -0.2) is 0 Å². The van der Waals surface area contributed by atoms with Gasteiger partial charge in [-0.1, -0.05) is 18.5 Å². The van der Waals surface area contributed by atoms with Crippen molar-refractivity contribution in [2.24, 2.45) is 0 Å². The van der Waals surface area contributed by atoms with E-state index in [9.17, 15) is 0 Å². The molecule has 1 heterocycles. The number of rotatable bonds is 3. The Balaban J connectivity index is 2.42. The molecule has 0 aliphatic heterocycles. The van der Waals surface area contributed by atoms with Crippen LogP contribution >= 0.6 is 0 Å². The zero-order chi connectivity index (χ0) is 7.40. The molecule has 0 fully saturated rings. The van der Waals surface area contributed by atoms with Crippen molar-refractivity contribution in [1.29, 1.82) is 0 Å². The maximum atomic E-state index is 4.80. The Labute approximate surface area is 60.4 Å². The summed E-state index contributed by atoms with van der Waals surface area (Å²) in [5.41, 5.74) is 0. The van der Waals surface area contributed by atoms with Crippen molar-refractivity contribution in [3.05, 3.63) is 11.7 Å². The number of hydrogen-bond donors (Lipinski definition) is 0. The molecule has 0 aliphatic carbocycles. The van der Waals surface area contributed by atoms with Crippen LogP contribution in [0.15, 0.2) is 4.52 Å². The van der Waals surface area contributed by atoms with E-state index in [1.165, 1.54) is 6.42 Å². The number of aromatic nitrogens is 2. The third-order valence-corrected chi connectivity index (χ3v) is 1.32. The number of unbranched alkanes of at least 4 members (excludes halogenated alkanes) is 1. The van der Waals surface area contributed by atoms with Crippen molar-refractivity contribution >= 4 is 0 Å². The summed E-state index contributed by atoms with van der Waals surface area (Å²) in [7, 11) is 0. The van der Waals surface area contributed by atoms with Crippen LogP contribution in [0, 0.1) is 6.92 Å². The van der Waals surface area contributed by atoms with Gasteiger partial charge in [-0.2, -0.15) is 4.98 Å². The molecule has 0 amide bonds. The second-order valence-corrected chi connectivity index (χ2v) is 2.33. The summed E-state index contributed by atoms with van der Waals surface area (Å²) in [6.07, 6.45) is 3.25. The second-order valence-electron chi connectivity index (χ2n) is 2.33. The summed E-state index contributed by atoms with van der Waals surface area (Å²) in [6, 6.07) is 0. The molecule has 1 rings (SSSR count). The first-order valence-corrected chi connectivity index (χ1v) is 3.62. The monoisotopic (exact) mass is 140 g/mol. The largest absolute Gasteiger partial charge is 0.340 e. The van der Waals surface area contributed by atoms with Crippen LogP contribution < -0.4 is 0 Å². The standard InChI is InChI=1S/C7H12N2O/c1-3-4-5-7-8-6(2)10-9-7/h3-5H2,1-2H3. The third kappa shape index (κ3) is 1.83. The van der Waals surface area contributed by atoms with Gasteiger partial charge in [0, 0.05) is 13.3 Å². The van der Waals surface area contributed by atoms with E-state index in [0.717, 1.165) is 18.7 Å². The highest BCUT2D eigenvalue weighted by molar-refractivity contribution is 4.83. The molecule has 0 aliphatic rings. The van der Waals surface area contributed by atoms with Gasteiger partial charge in [0.1, 0.15) is 0 Å². The molecule has 0 unspecified atom stereocenters. The van der Waals surface area contributed by atoms with Crippen LogP contribution in [-0.4, -0.2) is 10.1 Å². The molecule has 0 aromatic carbocycles. The minimum absolute atomic E-state index is 0.658. The van der Waals surface area contributed by atoms with Crippen molar-refractivity contribution in [2.45, 2.75) is 33.1 Å². The molecule has 56 valence electrons. The molecule has 0 saturated carbocycles. The van der Waals surface area contributed by atoms with Gasteiger partial charge in [0.15, 0.2) is 5.82 Å². The molecule has 0 atom stereocenters. The molecule has 0 spiro atoms. The van der Waals surface area contributed by atoms with Crippen molar-refractivity contribution in [3.63, 3.8) is 0 Å². The predicted molar refractivity (Wildman–Crippen MR) is 37.6 cm³/mol.